The molecule has 0 atom stereocenters. The molecule has 1 amide bonds. The third-order valence-corrected chi connectivity index (χ3v) is 4.24. The summed E-state index contributed by atoms with van der Waals surface area (Å²) in [5, 5.41) is 15.6. The van der Waals surface area contributed by atoms with Crippen LogP contribution in [0.3, 0.4) is 0 Å². The maximum absolute atomic E-state index is 12.5. The lowest BCUT2D eigenvalue weighted by molar-refractivity contribution is 0.102. The fourth-order valence-electron chi connectivity index (χ4n) is 2.36. The average Bonchev–Trinajstić information content (AvgIpc) is 3.25. The topological polar surface area (TPSA) is 91.9 Å². The monoisotopic (exact) mass is 327 g/mol. The zero-order valence-corrected chi connectivity index (χ0v) is 12.8. The highest BCUT2D eigenvalue weighted by Crippen LogP contribution is 2.30. The molecule has 0 spiro atoms. The Bertz CT molecular complexity index is 843. The van der Waals surface area contributed by atoms with Crippen LogP contribution in [0.15, 0.2) is 36.0 Å². The highest BCUT2D eigenvalue weighted by molar-refractivity contribution is 7.13. The summed E-state index contributed by atoms with van der Waals surface area (Å²) in [5.41, 5.74) is 2.73. The Labute approximate surface area is 135 Å². The van der Waals surface area contributed by atoms with Crippen molar-refractivity contribution in [3.05, 3.63) is 41.5 Å². The van der Waals surface area contributed by atoms with Crippen molar-refractivity contribution in [3.8, 4) is 16.5 Å². The van der Waals surface area contributed by atoms with Crippen LogP contribution < -0.4 is 15.4 Å². The zero-order chi connectivity index (χ0) is 15.6. The van der Waals surface area contributed by atoms with Gasteiger partial charge < -0.3 is 15.4 Å². The van der Waals surface area contributed by atoms with Gasteiger partial charge in [0.2, 0.25) is 0 Å². The molecule has 0 radical (unpaired) electrons. The van der Waals surface area contributed by atoms with Crippen molar-refractivity contribution < 1.29 is 9.53 Å². The fourth-order valence-corrected chi connectivity index (χ4v) is 3.01. The number of amides is 1. The Kier molecular flexibility index (Phi) is 3.43. The molecule has 4 rings (SSSR count). The summed E-state index contributed by atoms with van der Waals surface area (Å²) in [6.07, 6.45) is 3.28. The normalized spacial score (nSPS) is 12.9. The number of nitrogens with one attached hydrogen (secondary N) is 3. The molecule has 1 aliphatic rings. The number of thiazole rings is 1. The molecular weight excluding hydrogens is 314 g/mol. The maximum atomic E-state index is 12.5. The fraction of sp³-hybridized carbons (Fsp3) is 0.133. The molecule has 0 fully saturated rings. The molecule has 23 heavy (non-hydrogen) atoms. The predicted octanol–water partition coefficient (Wildman–Crippen LogP) is 2.59. The standard InChI is InChI=1S/C15H13N5O2S/c21-14(9-1-2-10-12(7-9)22-5-3-16-10)19-11-8-18-20-13(11)15-17-4-6-23-15/h1-2,4,6-8,16H,3,5H2,(H,18,20)(H,19,21). The molecule has 0 bridgehead atoms. The summed E-state index contributed by atoms with van der Waals surface area (Å²) in [6, 6.07) is 5.35. The molecule has 1 aromatic carbocycles. The van der Waals surface area contributed by atoms with E-state index in [9.17, 15) is 4.79 Å². The van der Waals surface area contributed by atoms with Gasteiger partial charge in [0, 0.05) is 23.7 Å². The summed E-state index contributed by atoms with van der Waals surface area (Å²) in [6.45, 7) is 1.36. The van der Waals surface area contributed by atoms with E-state index in [0.717, 1.165) is 17.2 Å². The first-order valence-electron chi connectivity index (χ1n) is 7.06. The van der Waals surface area contributed by atoms with Crippen LogP contribution in [0.5, 0.6) is 5.75 Å². The summed E-state index contributed by atoms with van der Waals surface area (Å²) < 4.78 is 5.56. The number of aromatic nitrogens is 3. The van der Waals surface area contributed by atoms with Gasteiger partial charge >= 0.3 is 0 Å². The smallest absolute Gasteiger partial charge is 0.255 e. The number of benzene rings is 1. The maximum Gasteiger partial charge on any atom is 0.255 e. The number of carbonyl (C=O) groups excluding carboxylic acids is 1. The van der Waals surface area contributed by atoms with Crippen molar-refractivity contribution in [1.29, 1.82) is 0 Å². The van der Waals surface area contributed by atoms with Crippen molar-refractivity contribution in [3.63, 3.8) is 0 Å². The second kappa shape index (κ2) is 5.73. The lowest BCUT2D eigenvalue weighted by Gasteiger charge is -2.19. The summed E-state index contributed by atoms with van der Waals surface area (Å²) in [5.74, 6) is 0.470. The van der Waals surface area contributed by atoms with E-state index >= 15 is 0 Å². The van der Waals surface area contributed by atoms with Gasteiger partial charge in [-0.15, -0.1) is 11.3 Å². The van der Waals surface area contributed by atoms with Crippen molar-refractivity contribution in [2.75, 3.05) is 23.8 Å². The van der Waals surface area contributed by atoms with Crippen molar-refractivity contribution in [2.45, 2.75) is 0 Å². The third kappa shape index (κ3) is 2.64. The minimum absolute atomic E-state index is 0.221. The largest absolute Gasteiger partial charge is 0.490 e. The molecule has 3 aromatic rings. The molecule has 0 aliphatic carbocycles. The van der Waals surface area contributed by atoms with Crippen LogP contribution in [-0.2, 0) is 0 Å². The first-order chi connectivity index (χ1) is 11.3. The van der Waals surface area contributed by atoms with Gasteiger partial charge in [0.1, 0.15) is 23.1 Å². The first kappa shape index (κ1) is 13.8. The number of hydrogen-bond donors (Lipinski definition) is 3. The van der Waals surface area contributed by atoms with Crippen molar-refractivity contribution in [2.24, 2.45) is 0 Å². The van der Waals surface area contributed by atoms with Crippen LogP contribution in [0.4, 0.5) is 11.4 Å². The minimum Gasteiger partial charge on any atom is -0.490 e. The number of nitrogens with zero attached hydrogens (tertiary/aromatic N) is 2. The Morgan fingerprint density at radius 3 is 3.22 bits per heavy atom. The number of fused-ring (bicyclic) bond motifs is 1. The molecule has 0 saturated heterocycles. The number of anilines is 2. The Morgan fingerprint density at radius 2 is 2.35 bits per heavy atom. The third-order valence-electron chi connectivity index (χ3n) is 3.45. The number of hydrogen-bond acceptors (Lipinski definition) is 6. The molecule has 7 nitrogen and oxygen atoms in total. The van der Waals surface area contributed by atoms with E-state index in [-0.39, 0.29) is 5.91 Å². The van der Waals surface area contributed by atoms with Crippen LogP contribution >= 0.6 is 11.3 Å². The van der Waals surface area contributed by atoms with Crippen LogP contribution in [0.25, 0.3) is 10.7 Å². The molecule has 2 aromatic heterocycles. The van der Waals surface area contributed by atoms with Crippen molar-refractivity contribution >= 4 is 28.6 Å². The van der Waals surface area contributed by atoms with Gasteiger partial charge in [0.15, 0.2) is 0 Å². The number of ether oxygens (including phenoxy) is 1. The molecule has 8 heteroatoms. The molecular formula is C15H13N5O2S. The summed E-state index contributed by atoms with van der Waals surface area (Å²) in [7, 11) is 0. The van der Waals surface area contributed by atoms with E-state index in [1.165, 1.54) is 11.3 Å². The van der Waals surface area contributed by atoms with E-state index < -0.39 is 0 Å². The molecule has 1 aliphatic heterocycles. The van der Waals surface area contributed by atoms with E-state index in [0.29, 0.717) is 29.3 Å². The van der Waals surface area contributed by atoms with Crippen LogP contribution in [0.1, 0.15) is 10.4 Å². The van der Waals surface area contributed by atoms with Gasteiger partial charge in [-0.25, -0.2) is 4.98 Å². The first-order valence-corrected chi connectivity index (χ1v) is 7.94. The molecule has 0 unspecified atom stereocenters. The highest BCUT2D eigenvalue weighted by atomic mass is 32.1. The lowest BCUT2D eigenvalue weighted by atomic mass is 10.1. The quantitative estimate of drug-likeness (QED) is 0.688. The predicted molar refractivity (Wildman–Crippen MR) is 88.1 cm³/mol. The number of aromatic amines is 1. The molecule has 3 heterocycles. The van der Waals surface area contributed by atoms with E-state index in [1.54, 1.807) is 24.5 Å². The Morgan fingerprint density at radius 1 is 1.39 bits per heavy atom. The van der Waals surface area contributed by atoms with E-state index in [4.69, 9.17) is 4.74 Å². The van der Waals surface area contributed by atoms with Gasteiger partial charge in [-0.2, -0.15) is 5.10 Å². The van der Waals surface area contributed by atoms with Gasteiger partial charge in [-0.1, -0.05) is 0 Å². The highest BCUT2D eigenvalue weighted by Gasteiger charge is 2.16. The van der Waals surface area contributed by atoms with Crippen molar-refractivity contribution in [1.82, 2.24) is 15.2 Å². The van der Waals surface area contributed by atoms with Gasteiger partial charge in [0.05, 0.1) is 17.6 Å². The Hall–Kier alpha value is -2.87. The summed E-state index contributed by atoms with van der Waals surface area (Å²) in [4.78, 5) is 16.7. The van der Waals surface area contributed by atoms with Crippen LogP contribution in [0.2, 0.25) is 0 Å². The average molecular weight is 327 g/mol. The van der Waals surface area contributed by atoms with E-state index in [2.05, 4.69) is 25.8 Å². The second-order valence-corrected chi connectivity index (χ2v) is 5.83. The van der Waals surface area contributed by atoms with Gasteiger partial charge in [-0.3, -0.25) is 9.89 Å². The molecule has 116 valence electrons. The zero-order valence-electron chi connectivity index (χ0n) is 12.0. The number of rotatable bonds is 3. The lowest BCUT2D eigenvalue weighted by Crippen LogP contribution is -2.19. The SMILES string of the molecule is O=C(Nc1cn[nH]c1-c1nccs1)c1ccc2c(c1)OCCN2. The van der Waals surface area contributed by atoms with Gasteiger partial charge in [-0.05, 0) is 18.2 Å². The second-order valence-electron chi connectivity index (χ2n) is 4.94. The van der Waals surface area contributed by atoms with E-state index in [1.807, 2.05) is 11.4 Å². The number of H-pyrrole nitrogens is 1. The number of carbonyl (C=O) groups is 1. The molecule has 0 saturated carbocycles. The van der Waals surface area contributed by atoms with Gasteiger partial charge in [0.25, 0.3) is 5.91 Å². The van der Waals surface area contributed by atoms with Crippen LogP contribution in [0, 0.1) is 0 Å². The summed E-state index contributed by atoms with van der Waals surface area (Å²) >= 11 is 1.47. The minimum atomic E-state index is -0.221. The van der Waals surface area contributed by atoms with Crippen LogP contribution in [-0.4, -0.2) is 34.2 Å². The Balaban J connectivity index is 1.58. The molecule has 3 N–H and O–H groups in total.